The van der Waals surface area contributed by atoms with Crippen molar-refractivity contribution in [1.82, 2.24) is 4.31 Å². The smallest absolute Gasteiger partial charge is 0.244 e. The van der Waals surface area contributed by atoms with Crippen molar-refractivity contribution in [1.29, 1.82) is 0 Å². The fourth-order valence-electron chi connectivity index (χ4n) is 2.00. The van der Waals surface area contributed by atoms with Gasteiger partial charge in [0.15, 0.2) is 11.6 Å². The molecule has 0 aliphatic carbocycles. The first-order valence-electron chi connectivity index (χ1n) is 5.65. The molecule has 1 heterocycles. The lowest BCUT2D eigenvalue weighted by atomic mass is 10.1. The van der Waals surface area contributed by atoms with Crippen LogP contribution < -0.4 is 5.73 Å². The van der Waals surface area contributed by atoms with Crippen LogP contribution in [0.5, 0.6) is 0 Å². The maximum absolute atomic E-state index is 13.1. The Morgan fingerprint density at radius 3 is 2.56 bits per heavy atom. The Kier molecular flexibility index (Phi) is 3.65. The van der Waals surface area contributed by atoms with Gasteiger partial charge in [0.25, 0.3) is 0 Å². The van der Waals surface area contributed by atoms with Crippen LogP contribution >= 0.6 is 0 Å². The summed E-state index contributed by atoms with van der Waals surface area (Å²) in [6.07, 6.45) is 1.56. The summed E-state index contributed by atoms with van der Waals surface area (Å²) in [5.41, 5.74) is 5.75. The number of rotatable bonds is 2. The third kappa shape index (κ3) is 2.38. The number of nitrogens with two attached hydrogens (primary N) is 1. The molecule has 1 unspecified atom stereocenters. The van der Waals surface area contributed by atoms with Gasteiger partial charge in [0.1, 0.15) is 0 Å². The molecule has 0 aromatic heterocycles. The van der Waals surface area contributed by atoms with Gasteiger partial charge in [0, 0.05) is 6.54 Å². The van der Waals surface area contributed by atoms with E-state index >= 15 is 0 Å². The third-order valence-corrected chi connectivity index (χ3v) is 4.92. The Hall–Kier alpha value is -1.05. The van der Waals surface area contributed by atoms with Gasteiger partial charge in [-0.1, -0.05) is 0 Å². The highest BCUT2D eigenvalue weighted by molar-refractivity contribution is 7.89. The van der Waals surface area contributed by atoms with Gasteiger partial charge < -0.3 is 5.73 Å². The highest BCUT2D eigenvalue weighted by Crippen LogP contribution is 2.24. The highest BCUT2D eigenvalue weighted by Gasteiger charge is 2.31. The molecule has 1 saturated heterocycles. The molecule has 1 aromatic carbocycles. The molecule has 0 spiro atoms. The highest BCUT2D eigenvalue weighted by atomic mass is 32.2. The molecule has 1 aliphatic rings. The van der Waals surface area contributed by atoms with Gasteiger partial charge in [-0.05, 0) is 37.5 Å². The zero-order valence-corrected chi connectivity index (χ0v) is 10.5. The van der Waals surface area contributed by atoms with E-state index in [1.807, 2.05) is 0 Å². The van der Waals surface area contributed by atoms with E-state index in [0.717, 1.165) is 29.3 Å². The molecule has 1 aromatic rings. The number of halogens is 2. The predicted molar refractivity (Wildman–Crippen MR) is 62.1 cm³/mol. The Morgan fingerprint density at radius 1 is 1.22 bits per heavy atom. The minimum atomic E-state index is -3.85. The second-order valence-electron chi connectivity index (χ2n) is 4.25. The molecule has 4 nitrogen and oxygen atoms in total. The van der Waals surface area contributed by atoms with E-state index in [1.165, 1.54) is 0 Å². The summed E-state index contributed by atoms with van der Waals surface area (Å²) >= 11 is 0. The molecule has 2 rings (SSSR count). The van der Waals surface area contributed by atoms with Crippen molar-refractivity contribution in [2.45, 2.75) is 30.3 Å². The summed E-state index contributed by atoms with van der Waals surface area (Å²) in [6, 6.07) is 2.54. The number of piperidine rings is 1. The minimum Gasteiger partial charge on any atom is -0.315 e. The molecule has 0 amide bonds. The Labute approximate surface area is 104 Å². The van der Waals surface area contributed by atoms with Crippen LogP contribution in [0.3, 0.4) is 0 Å². The number of nitrogens with zero attached hydrogens (tertiary/aromatic N) is 1. The SMILES string of the molecule is NC1CCCCN1S(=O)(=O)c1ccc(F)c(F)c1. The van der Waals surface area contributed by atoms with Crippen molar-refractivity contribution >= 4 is 10.0 Å². The van der Waals surface area contributed by atoms with Crippen molar-refractivity contribution < 1.29 is 17.2 Å². The quantitative estimate of drug-likeness (QED) is 0.888. The van der Waals surface area contributed by atoms with Crippen LogP contribution in [0, 0.1) is 11.6 Å². The molecule has 2 N–H and O–H groups in total. The van der Waals surface area contributed by atoms with Crippen molar-refractivity contribution in [3.63, 3.8) is 0 Å². The summed E-state index contributed by atoms with van der Waals surface area (Å²) in [5.74, 6) is -2.25. The van der Waals surface area contributed by atoms with E-state index in [-0.39, 0.29) is 4.90 Å². The maximum Gasteiger partial charge on any atom is 0.244 e. The van der Waals surface area contributed by atoms with Gasteiger partial charge in [-0.25, -0.2) is 17.2 Å². The van der Waals surface area contributed by atoms with Crippen LogP contribution in [0.2, 0.25) is 0 Å². The van der Waals surface area contributed by atoms with Crippen LogP contribution in [-0.4, -0.2) is 25.4 Å². The van der Waals surface area contributed by atoms with Gasteiger partial charge in [-0.15, -0.1) is 0 Å². The van der Waals surface area contributed by atoms with Crippen LogP contribution in [-0.2, 0) is 10.0 Å². The molecule has 18 heavy (non-hydrogen) atoms. The first kappa shape index (κ1) is 13.4. The lowest BCUT2D eigenvalue weighted by molar-refractivity contribution is 0.258. The van der Waals surface area contributed by atoms with Crippen molar-refractivity contribution in [3.05, 3.63) is 29.8 Å². The van der Waals surface area contributed by atoms with Gasteiger partial charge in [0.2, 0.25) is 10.0 Å². The summed E-state index contributed by atoms with van der Waals surface area (Å²) in [4.78, 5) is -0.265. The monoisotopic (exact) mass is 276 g/mol. The zero-order chi connectivity index (χ0) is 13.3. The van der Waals surface area contributed by atoms with Crippen LogP contribution in [0.15, 0.2) is 23.1 Å². The van der Waals surface area contributed by atoms with E-state index in [1.54, 1.807) is 0 Å². The topological polar surface area (TPSA) is 63.4 Å². The Bertz CT molecular complexity index is 548. The number of benzene rings is 1. The average molecular weight is 276 g/mol. The minimum absolute atomic E-state index is 0.265. The fraction of sp³-hybridized carbons (Fsp3) is 0.455. The molecule has 0 saturated carbocycles. The van der Waals surface area contributed by atoms with E-state index in [2.05, 4.69) is 0 Å². The fourth-order valence-corrected chi connectivity index (χ4v) is 3.60. The summed E-state index contributed by atoms with van der Waals surface area (Å²) < 4.78 is 51.5. The predicted octanol–water partition coefficient (Wildman–Crippen LogP) is 1.42. The summed E-state index contributed by atoms with van der Waals surface area (Å²) in [5, 5.41) is 0. The molecule has 1 atom stereocenters. The first-order valence-corrected chi connectivity index (χ1v) is 7.09. The first-order chi connectivity index (χ1) is 8.43. The number of hydrogen-bond acceptors (Lipinski definition) is 3. The largest absolute Gasteiger partial charge is 0.315 e. The van der Waals surface area contributed by atoms with E-state index in [4.69, 9.17) is 5.73 Å². The molecular weight excluding hydrogens is 262 g/mol. The van der Waals surface area contributed by atoms with E-state index in [9.17, 15) is 17.2 Å². The molecule has 0 radical (unpaired) electrons. The lowest BCUT2D eigenvalue weighted by Gasteiger charge is -2.31. The third-order valence-electron chi connectivity index (χ3n) is 3.00. The summed E-state index contributed by atoms with van der Waals surface area (Å²) in [6.45, 7) is 0.308. The van der Waals surface area contributed by atoms with Gasteiger partial charge in [0.05, 0.1) is 11.1 Å². The maximum atomic E-state index is 13.1. The van der Waals surface area contributed by atoms with Gasteiger partial charge in [-0.3, -0.25) is 0 Å². The molecule has 7 heteroatoms. The van der Waals surface area contributed by atoms with Crippen molar-refractivity contribution in [3.8, 4) is 0 Å². The number of hydrogen-bond donors (Lipinski definition) is 1. The Morgan fingerprint density at radius 2 is 1.94 bits per heavy atom. The van der Waals surface area contributed by atoms with Crippen molar-refractivity contribution in [2.75, 3.05) is 6.54 Å². The lowest BCUT2D eigenvalue weighted by Crippen LogP contribution is -2.48. The average Bonchev–Trinajstić information content (AvgIpc) is 2.33. The number of sulfonamides is 1. The second kappa shape index (κ2) is 4.91. The van der Waals surface area contributed by atoms with E-state index < -0.39 is 27.8 Å². The van der Waals surface area contributed by atoms with E-state index in [0.29, 0.717) is 19.0 Å². The molecule has 1 aliphatic heterocycles. The summed E-state index contributed by atoms with van der Waals surface area (Å²) in [7, 11) is -3.85. The van der Waals surface area contributed by atoms with Crippen LogP contribution in [0.4, 0.5) is 8.78 Å². The van der Waals surface area contributed by atoms with Crippen LogP contribution in [0.1, 0.15) is 19.3 Å². The molecule has 100 valence electrons. The second-order valence-corrected chi connectivity index (χ2v) is 6.15. The zero-order valence-electron chi connectivity index (χ0n) is 9.64. The van der Waals surface area contributed by atoms with Crippen LogP contribution in [0.25, 0.3) is 0 Å². The molecular formula is C11H14F2N2O2S. The standard InChI is InChI=1S/C11H14F2N2O2S/c12-9-5-4-8(7-10(9)13)18(16,17)15-6-2-1-3-11(15)14/h4-5,7,11H,1-3,6,14H2. The van der Waals surface area contributed by atoms with Crippen molar-refractivity contribution in [2.24, 2.45) is 5.73 Å². The normalized spacial score (nSPS) is 22.1. The molecule has 0 bridgehead atoms. The Balaban J connectivity index is 2.37. The van der Waals surface area contributed by atoms with Gasteiger partial charge >= 0.3 is 0 Å². The van der Waals surface area contributed by atoms with Gasteiger partial charge in [-0.2, -0.15) is 4.31 Å². The molecule has 1 fully saturated rings.